The molecule has 2 aromatic rings. The predicted molar refractivity (Wildman–Crippen MR) is 88.4 cm³/mol. The Morgan fingerprint density at radius 2 is 2.09 bits per heavy atom. The van der Waals surface area contributed by atoms with E-state index in [0.717, 1.165) is 29.9 Å². The molecule has 0 saturated carbocycles. The number of anilines is 2. The van der Waals surface area contributed by atoms with Crippen molar-refractivity contribution in [3.8, 4) is 0 Å². The van der Waals surface area contributed by atoms with E-state index in [0.29, 0.717) is 12.3 Å². The summed E-state index contributed by atoms with van der Waals surface area (Å²) in [5.74, 6) is -0.213. The van der Waals surface area contributed by atoms with Crippen molar-refractivity contribution >= 4 is 17.3 Å². The highest BCUT2D eigenvalue weighted by Gasteiger charge is 2.09. The number of aryl methyl sites for hydroxylation is 1. The number of nitrogens with one attached hydrogen (secondary N) is 2. The number of nitrogens with zero attached hydrogens (tertiary/aromatic N) is 1. The first kappa shape index (κ1) is 16.0. The molecular weight excluding hydrogens is 278 g/mol. The summed E-state index contributed by atoms with van der Waals surface area (Å²) < 4.78 is 5.00. The van der Waals surface area contributed by atoms with Crippen LogP contribution in [0.4, 0.5) is 11.4 Å². The van der Waals surface area contributed by atoms with Gasteiger partial charge in [0, 0.05) is 37.8 Å². The molecule has 0 aliphatic carbocycles. The molecule has 1 aromatic heterocycles. The van der Waals surface area contributed by atoms with Crippen molar-refractivity contribution in [2.24, 2.45) is 0 Å². The van der Waals surface area contributed by atoms with E-state index in [9.17, 15) is 4.79 Å². The van der Waals surface area contributed by atoms with Crippen LogP contribution < -0.4 is 10.6 Å². The third-order valence-corrected chi connectivity index (χ3v) is 3.24. The molecular formula is C17H21N3O2. The van der Waals surface area contributed by atoms with Gasteiger partial charge in [0.1, 0.15) is 5.69 Å². The summed E-state index contributed by atoms with van der Waals surface area (Å²) >= 11 is 0. The van der Waals surface area contributed by atoms with Crippen molar-refractivity contribution in [1.82, 2.24) is 4.98 Å². The Morgan fingerprint density at radius 1 is 1.27 bits per heavy atom. The van der Waals surface area contributed by atoms with Crippen LogP contribution in [-0.2, 0) is 4.74 Å². The van der Waals surface area contributed by atoms with Gasteiger partial charge in [-0.15, -0.1) is 0 Å². The molecule has 0 fully saturated rings. The molecule has 0 unspecified atom stereocenters. The lowest BCUT2D eigenvalue weighted by Crippen LogP contribution is -2.15. The molecule has 0 atom stereocenters. The first-order valence-corrected chi connectivity index (χ1v) is 7.26. The number of carbonyl (C=O) groups is 1. The minimum absolute atomic E-state index is 0.213. The quantitative estimate of drug-likeness (QED) is 0.771. The fourth-order valence-corrected chi connectivity index (χ4v) is 2.01. The molecule has 2 rings (SSSR count). The second-order valence-corrected chi connectivity index (χ2v) is 4.97. The predicted octanol–water partition coefficient (Wildman–Crippen LogP) is 3.09. The van der Waals surface area contributed by atoms with Gasteiger partial charge >= 0.3 is 0 Å². The van der Waals surface area contributed by atoms with E-state index >= 15 is 0 Å². The average Bonchev–Trinajstić information content (AvgIpc) is 2.54. The number of methoxy groups -OCH3 is 1. The van der Waals surface area contributed by atoms with Crippen molar-refractivity contribution in [1.29, 1.82) is 0 Å². The van der Waals surface area contributed by atoms with Crippen molar-refractivity contribution < 1.29 is 9.53 Å². The number of rotatable bonds is 7. The molecule has 116 valence electrons. The molecule has 2 N–H and O–H groups in total. The summed E-state index contributed by atoms with van der Waals surface area (Å²) in [6.45, 7) is 3.45. The van der Waals surface area contributed by atoms with Crippen LogP contribution >= 0.6 is 0 Å². The van der Waals surface area contributed by atoms with Gasteiger partial charge in [-0.05, 0) is 37.1 Å². The van der Waals surface area contributed by atoms with Gasteiger partial charge in [0.05, 0.1) is 0 Å². The van der Waals surface area contributed by atoms with Gasteiger partial charge in [0.15, 0.2) is 0 Å². The monoisotopic (exact) mass is 299 g/mol. The molecule has 0 aliphatic heterocycles. The van der Waals surface area contributed by atoms with E-state index in [4.69, 9.17) is 4.74 Å². The number of ether oxygens (including phenoxy) is 1. The smallest absolute Gasteiger partial charge is 0.274 e. The average molecular weight is 299 g/mol. The second-order valence-electron chi connectivity index (χ2n) is 4.97. The summed E-state index contributed by atoms with van der Waals surface area (Å²) in [5, 5.41) is 6.13. The van der Waals surface area contributed by atoms with Gasteiger partial charge in [-0.2, -0.15) is 0 Å². The lowest BCUT2D eigenvalue weighted by atomic mass is 10.2. The number of para-hydroxylation sites is 1. The van der Waals surface area contributed by atoms with Gasteiger partial charge in [-0.1, -0.05) is 18.2 Å². The second kappa shape index (κ2) is 8.14. The Morgan fingerprint density at radius 3 is 2.86 bits per heavy atom. The van der Waals surface area contributed by atoms with Gasteiger partial charge < -0.3 is 15.4 Å². The van der Waals surface area contributed by atoms with Crippen LogP contribution in [0.25, 0.3) is 0 Å². The summed E-state index contributed by atoms with van der Waals surface area (Å²) in [7, 11) is 1.68. The number of hydrogen-bond donors (Lipinski definition) is 2. The maximum absolute atomic E-state index is 12.3. The molecule has 0 aliphatic rings. The van der Waals surface area contributed by atoms with Gasteiger partial charge in [0.25, 0.3) is 5.91 Å². The van der Waals surface area contributed by atoms with E-state index in [1.807, 2.05) is 37.3 Å². The topological polar surface area (TPSA) is 63.2 Å². The maximum Gasteiger partial charge on any atom is 0.274 e. The Hall–Kier alpha value is -2.40. The van der Waals surface area contributed by atoms with Crippen molar-refractivity contribution in [3.63, 3.8) is 0 Å². The van der Waals surface area contributed by atoms with Crippen LogP contribution in [0.1, 0.15) is 22.5 Å². The van der Waals surface area contributed by atoms with Gasteiger partial charge in [-0.25, -0.2) is 0 Å². The molecule has 1 heterocycles. The Kier molecular flexibility index (Phi) is 5.91. The highest BCUT2D eigenvalue weighted by atomic mass is 16.5. The lowest BCUT2D eigenvalue weighted by Gasteiger charge is -2.09. The van der Waals surface area contributed by atoms with E-state index in [1.54, 1.807) is 19.4 Å². The van der Waals surface area contributed by atoms with Gasteiger partial charge in [-0.3, -0.25) is 9.78 Å². The third kappa shape index (κ3) is 4.56. The number of hydrogen-bond acceptors (Lipinski definition) is 4. The summed E-state index contributed by atoms with van der Waals surface area (Å²) in [6.07, 6.45) is 2.54. The number of pyridine rings is 1. The standard InChI is InChI=1S/C17H21N3O2/c1-13-6-3-4-7-15(13)20-17(21)16-12-14(8-10-19-16)18-9-5-11-22-2/h3-4,6-8,10,12H,5,9,11H2,1-2H3,(H,18,19)(H,20,21). The molecule has 1 amide bonds. The van der Waals surface area contributed by atoms with Gasteiger partial charge in [0.2, 0.25) is 0 Å². The Balaban J connectivity index is 1.99. The maximum atomic E-state index is 12.3. The van der Waals surface area contributed by atoms with E-state index < -0.39 is 0 Å². The number of aromatic nitrogens is 1. The van der Waals surface area contributed by atoms with Crippen LogP contribution in [0, 0.1) is 6.92 Å². The Bertz CT molecular complexity index is 629. The zero-order valence-electron chi connectivity index (χ0n) is 12.9. The number of carbonyl (C=O) groups excluding carboxylic acids is 1. The molecule has 22 heavy (non-hydrogen) atoms. The third-order valence-electron chi connectivity index (χ3n) is 3.24. The highest BCUT2D eigenvalue weighted by molar-refractivity contribution is 6.03. The molecule has 0 saturated heterocycles. The van der Waals surface area contributed by atoms with Crippen molar-refractivity contribution in [2.45, 2.75) is 13.3 Å². The van der Waals surface area contributed by atoms with Crippen LogP contribution in [0.2, 0.25) is 0 Å². The van der Waals surface area contributed by atoms with Crippen LogP contribution in [0.15, 0.2) is 42.6 Å². The zero-order valence-corrected chi connectivity index (χ0v) is 12.9. The van der Waals surface area contributed by atoms with Crippen molar-refractivity contribution in [3.05, 3.63) is 53.9 Å². The normalized spacial score (nSPS) is 10.3. The fraction of sp³-hybridized carbons (Fsp3) is 0.294. The molecule has 5 heteroatoms. The lowest BCUT2D eigenvalue weighted by molar-refractivity contribution is 0.102. The van der Waals surface area contributed by atoms with Crippen molar-refractivity contribution in [2.75, 3.05) is 30.9 Å². The molecule has 1 aromatic carbocycles. The largest absolute Gasteiger partial charge is 0.385 e. The highest BCUT2D eigenvalue weighted by Crippen LogP contribution is 2.15. The first-order chi connectivity index (χ1) is 10.7. The summed E-state index contributed by atoms with van der Waals surface area (Å²) in [6, 6.07) is 11.3. The summed E-state index contributed by atoms with van der Waals surface area (Å²) in [5.41, 5.74) is 3.08. The summed E-state index contributed by atoms with van der Waals surface area (Å²) in [4.78, 5) is 16.4. The Labute approximate surface area is 130 Å². The minimum atomic E-state index is -0.213. The van der Waals surface area contributed by atoms with E-state index in [2.05, 4.69) is 15.6 Å². The number of amides is 1. The van der Waals surface area contributed by atoms with Crippen LogP contribution in [0.5, 0.6) is 0 Å². The number of benzene rings is 1. The fourth-order valence-electron chi connectivity index (χ4n) is 2.01. The zero-order chi connectivity index (χ0) is 15.8. The van der Waals surface area contributed by atoms with Crippen LogP contribution in [-0.4, -0.2) is 31.2 Å². The van der Waals surface area contributed by atoms with E-state index in [-0.39, 0.29) is 5.91 Å². The molecule has 0 bridgehead atoms. The SMILES string of the molecule is COCCCNc1ccnc(C(=O)Nc2ccccc2C)c1. The molecule has 0 radical (unpaired) electrons. The molecule has 5 nitrogen and oxygen atoms in total. The molecule has 0 spiro atoms. The van der Waals surface area contributed by atoms with E-state index in [1.165, 1.54) is 0 Å². The first-order valence-electron chi connectivity index (χ1n) is 7.26. The minimum Gasteiger partial charge on any atom is -0.385 e. The van der Waals surface area contributed by atoms with Crippen LogP contribution in [0.3, 0.4) is 0 Å².